The molecule has 0 atom stereocenters. The highest BCUT2D eigenvalue weighted by atomic mass is 79.9. The highest BCUT2D eigenvalue weighted by molar-refractivity contribution is 9.10. The van der Waals surface area contributed by atoms with Gasteiger partial charge in [-0.15, -0.1) is 0 Å². The minimum atomic E-state index is 0.0198. The molecular formula is C13H9Br2NO2. The lowest BCUT2D eigenvalue weighted by atomic mass is 10.1. The molecular weight excluding hydrogens is 362 g/mol. The van der Waals surface area contributed by atoms with E-state index in [1.165, 1.54) is 6.92 Å². The zero-order valence-electron chi connectivity index (χ0n) is 9.48. The molecule has 1 aromatic carbocycles. The van der Waals surface area contributed by atoms with Gasteiger partial charge in [0.1, 0.15) is 11.5 Å². The third-order valence-corrected chi connectivity index (χ3v) is 3.30. The number of carbonyl (C=O) groups is 1. The normalized spacial score (nSPS) is 10.2. The maximum Gasteiger partial charge on any atom is 0.159 e. The first-order valence-corrected chi connectivity index (χ1v) is 6.74. The number of hydrogen-bond acceptors (Lipinski definition) is 3. The zero-order valence-corrected chi connectivity index (χ0v) is 12.7. The second kappa shape index (κ2) is 5.63. The first-order chi connectivity index (χ1) is 8.56. The summed E-state index contributed by atoms with van der Waals surface area (Å²) in [5.41, 5.74) is 0.640. The van der Waals surface area contributed by atoms with Crippen LogP contribution in [-0.4, -0.2) is 10.8 Å². The Kier molecular flexibility index (Phi) is 4.14. The van der Waals surface area contributed by atoms with Crippen molar-refractivity contribution in [3.63, 3.8) is 0 Å². The van der Waals surface area contributed by atoms with E-state index in [0.29, 0.717) is 17.1 Å². The molecule has 2 aromatic rings. The van der Waals surface area contributed by atoms with E-state index in [-0.39, 0.29) is 5.78 Å². The zero-order chi connectivity index (χ0) is 13.1. The number of hydrogen-bond donors (Lipinski definition) is 0. The molecule has 18 heavy (non-hydrogen) atoms. The van der Waals surface area contributed by atoms with E-state index in [2.05, 4.69) is 36.8 Å². The fourth-order valence-electron chi connectivity index (χ4n) is 1.38. The van der Waals surface area contributed by atoms with Gasteiger partial charge in [-0.3, -0.25) is 9.78 Å². The molecule has 3 nitrogen and oxygen atoms in total. The van der Waals surface area contributed by atoms with Crippen LogP contribution in [0.2, 0.25) is 0 Å². The molecule has 5 heteroatoms. The quantitative estimate of drug-likeness (QED) is 0.741. The predicted molar refractivity (Wildman–Crippen MR) is 76.2 cm³/mol. The van der Waals surface area contributed by atoms with Crippen molar-refractivity contribution in [2.24, 2.45) is 0 Å². The van der Waals surface area contributed by atoms with Crippen molar-refractivity contribution in [2.45, 2.75) is 6.92 Å². The fourth-order valence-corrected chi connectivity index (χ4v) is 2.18. The molecule has 1 heterocycles. The molecule has 0 fully saturated rings. The molecule has 92 valence electrons. The lowest BCUT2D eigenvalue weighted by Crippen LogP contribution is -1.93. The molecule has 0 spiro atoms. The summed E-state index contributed by atoms with van der Waals surface area (Å²) in [4.78, 5) is 15.2. The van der Waals surface area contributed by atoms with Crippen molar-refractivity contribution in [1.82, 2.24) is 4.98 Å². The van der Waals surface area contributed by atoms with Crippen molar-refractivity contribution in [1.29, 1.82) is 0 Å². The minimum absolute atomic E-state index is 0.0198. The molecule has 0 aliphatic rings. The van der Waals surface area contributed by atoms with Crippen LogP contribution in [-0.2, 0) is 0 Å². The summed E-state index contributed by atoms with van der Waals surface area (Å²) in [6.07, 6.45) is 3.30. The van der Waals surface area contributed by atoms with Crippen LogP contribution in [0.25, 0.3) is 0 Å². The van der Waals surface area contributed by atoms with E-state index < -0.39 is 0 Å². The SMILES string of the molecule is CC(=O)c1ccc(Oc2cncc(Br)c2)c(Br)c1. The first-order valence-electron chi connectivity index (χ1n) is 5.15. The summed E-state index contributed by atoms with van der Waals surface area (Å²) < 4.78 is 7.25. The Morgan fingerprint density at radius 2 is 2.00 bits per heavy atom. The molecule has 0 saturated carbocycles. The summed E-state index contributed by atoms with van der Waals surface area (Å²) in [6, 6.07) is 7.04. The lowest BCUT2D eigenvalue weighted by molar-refractivity contribution is 0.101. The molecule has 0 unspecified atom stereocenters. The first kappa shape index (κ1) is 13.2. The largest absolute Gasteiger partial charge is 0.455 e. The van der Waals surface area contributed by atoms with Crippen molar-refractivity contribution >= 4 is 37.6 Å². The molecule has 0 saturated heterocycles. The van der Waals surface area contributed by atoms with Crippen LogP contribution in [0.5, 0.6) is 11.5 Å². The van der Waals surface area contributed by atoms with Crippen LogP contribution in [0.15, 0.2) is 45.6 Å². The Labute approximate surface area is 121 Å². The van der Waals surface area contributed by atoms with Gasteiger partial charge in [0.15, 0.2) is 5.78 Å². The van der Waals surface area contributed by atoms with Crippen LogP contribution >= 0.6 is 31.9 Å². The Bertz CT molecular complexity index is 599. The lowest BCUT2D eigenvalue weighted by Gasteiger charge is -2.08. The maximum atomic E-state index is 11.2. The predicted octanol–water partition coefficient (Wildman–Crippen LogP) is 4.60. The summed E-state index contributed by atoms with van der Waals surface area (Å²) in [7, 11) is 0. The second-order valence-corrected chi connectivity index (χ2v) is 5.41. The molecule has 1 aromatic heterocycles. The Morgan fingerprint density at radius 3 is 2.61 bits per heavy atom. The van der Waals surface area contributed by atoms with Gasteiger partial charge in [-0.25, -0.2) is 0 Å². The number of ether oxygens (including phenoxy) is 1. The van der Waals surface area contributed by atoms with Gasteiger partial charge in [0.2, 0.25) is 0 Å². The number of ketones is 1. The van der Waals surface area contributed by atoms with E-state index in [1.807, 2.05) is 6.07 Å². The van der Waals surface area contributed by atoms with Gasteiger partial charge in [-0.2, -0.15) is 0 Å². The molecule has 2 rings (SSSR count). The number of aromatic nitrogens is 1. The molecule has 0 amide bonds. The van der Waals surface area contributed by atoms with Crippen LogP contribution in [0.1, 0.15) is 17.3 Å². The number of Topliss-reactive ketones (excluding diaryl/α,β-unsaturated/α-hetero) is 1. The fraction of sp³-hybridized carbons (Fsp3) is 0.0769. The third kappa shape index (κ3) is 3.17. The van der Waals surface area contributed by atoms with Gasteiger partial charge in [0.05, 0.1) is 10.7 Å². The number of nitrogens with zero attached hydrogens (tertiary/aromatic N) is 1. The Hall–Kier alpha value is -1.20. The number of carbonyl (C=O) groups excluding carboxylic acids is 1. The van der Waals surface area contributed by atoms with E-state index in [1.54, 1.807) is 30.6 Å². The van der Waals surface area contributed by atoms with Crippen LogP contribution in [0.4, 0.5) is 0 Å². The monoisotopic (exact) mass is 369 g/mol. The summed E-state index contributed by atoms with van der Waals surface area (Å²) in [5.74, 6) is 1.28. The van der Waals surface area contributed by atoms with E-state index in [9.17, 15) is 4.79 Å². The van der Waals surface area contributed by atoms with Crippen molar-refractivity contribution in [2.75, 3.05) is 0 Å². The van der Waals surface area contributed by atoms with E-state index in [4.69, 9.17) is 4.74 Å². The van der Waals surface area contributed by atoms with Crippen molar-refractivity contribution < 1.29 is 9.53 Å². The molecule has 0 radical (unpaired) electrons. The van der Waals surface area contributed by atoms with Crippen molar-refractivity contribution in [3.05, 3.63) is 51.2 Å². The molecule has 0 aliphatic heterocycles. The summed E-state index contributed by atoms with van der Waals surface area (Å²) in [5, 5.41) is 0. The number of benzene rings is 1. The maximum absolute atomic E-state index is 11.2. The minimum Gasteiger partial charge on any atom is -0.455 e. The molecule has 0 aliphatic carbocycles. The van der Waals surface area contributed by atoms with Gasteiger partial charge >= 0.3 is 0 Å². The van der Waals surface area contributed by atoms with Gasteiger partial charge in [0.25, 0.3) is 0 Å². The number of halogens is 2. The van der Waals surface area contributed by atoms with Gasteiger partial charge in [0, 0.05) is 16.2 Å². The van der Waals surface area contributed by atoms with E-state index in [0.717, 1.165) is 8.95 Å². The average Bonchev–Trinajstić information content (AvgIpc) is 2.31. The topological polar surface area (TPSA) is 39.2 Å². The van der Waals surface area contributed by atoms with Crippen molar-refractivity contribution in [3.8, 4) is 11.5 Å². The summed E-state index contributed by atoms with van der Waals surface area (Å²) >= 11 is 6.71. The molecule has 0 bridgehead atoms. The van der Waals surface area contributed by atoms with Crippen LogP contribution < -0.4 is 4.74 Å². The number of pyridine rings is 1. The third-order valence-electron chi connectivity index (χ3n) is 2.25. The Balaban J connectivity index is 2.27. The van der Waals surface area contributed by atoms with Crippen LogP contribution in [0.3, 0.4) is 0 Å². The highest BCUT2D eigenvalue weighted by Gasteiger charge is 2.07. The van der Waals surface area contributed by atoms with Gasteiger partial charge in [-0.05, 0) is 63.0 Å². The highest BCUT2D eigenvalue weighted by Crippen LogP contribution is 2.31. The summed E-state index contributed by atoms with van der Waals surface area (Å²) in [6.45, 7) is 1.53. The standard InChI is InChI=1S/C13H9Br2NO2/c1-8(17)9-2-3-13(12(15)4-9)18-11-5-10(14)6-16-7-11/h2-7H,1H3. The van der Waals surface area contributed by atoms with Crippen LogP contribution in [0, 0.1) is 0 Å². The number of rotatable bonds is 3. The van der Waals surface area contributed by atoms with Gasteiger partial charge < -0.3 is 4.74 Å². The van der Waals surface area contributed by atoms with E-state index >= 15 is 0 Å². The average molecular weight is 371 g/mol. The second-order valence-electron chi connectivity index (χ2n) is 3.64. The Morgan fingerprint density at radius 1 is 1.22 bits per heavy atom. The smallest absolute Gasteiger partial charge is 0.159 e. The van der Waals surface area contributed by atoms with Gasteiger partial charge in [-0.1, -0.05) is 0 Å². The molecule has 0 N–H and O–H groups in total.